The SMILES string of the molecule is CCCC[N+](C)(C)CC.[OH-]. The van der Waals surface area contributed by atoms with E-state index in [2.05, 4.69) is 27.9 Å². The van der Waals surface area contributed by atoms with Crippen LogP contribution < -0.4 is 0 Å². The van der Waals surface area contributed by atoms with Crippen molar-refractivity contribution >= 4 is 0 Å². The third-order valence-electron chi connectivity index (χ3n) is 1.97. The zero-order valence-electron chi connectivity index (χ0n) is 7.72. The van der Waals surface area contributed by atoms with Crippen molar-refractivity contribution in [1.29, 1.82) is 0 Å². The van der Waals surface area contributed by atoms with Gasteiger partial charge in [-0.2, -0.15) is 0 Å². The molecule has 2 nitrogen and oxygen atoms in total. The van der Waals surface area contributed by atoms with E-state index in [0.29, 0.717) is 0 Å². The van der Waals surface area contributed by atoms with Gasteiger partial charge in [-0.25, -0.2) is 0 Å². The Morgan fingerprint density at radius 2 is 1.60 bits per heavy atom. The summed E-state index contributed by atoms with van der Waals surface area (Å²) in [5.74, 6) is 0. The van der Waals surface area contributed by atoms with Gasteiger partial charge in [0.05, 0.1) is 27.2 Å². The summed E-state index contributed by atoms with van der Waals surface area (Å²) in [6.07, 6.45) is 2.68. The third-order valence-corrected chi connectivity index (χ3v) is 1.97. The van der Waals surface area contributed by atoms with Gasteiger partial charge in [-0.1, -0.05) is 13.3 Å². The molecule has 2 heteroatoms. The quantitative estimate of drug-likeness (QED) is 0.557. The largest absolute Gasteiger partial charge is 0.870 e. The van der Waals surface area contributed by atoms with Crippen LogP contribution in [0.15, 0.2) is 0 Å². The van der Waals surface area contributed by atoms with E-state index in [-0.39, 0.29) is 5.48 Å². The predicted molar refractivity (Wildman–Crippen MR) is 44.4 cm³/mol. The lowest BCUT2D eigenvalue weighted by Gasteiger charge is -2.27. The van der Waals surface area contributed by atoms with Crippen molar-refractivity contribution < 1.29 is 9.96 Å². The number of hydrogen-bond acceptors (Lipinski definition) is 1. The molecule has 0 aromatic carbocycles. The molecule has 0 bridgehead atoms. The van der Waals surface area contributed by atoms with Gasteiger partial charge in [0.15, 0.2) is 0 Å². The van der Waals surface area contributed by atoms with E-state index in [1.165, 1.54) is 30.4 Å². The van der Waals surface area contributed by atoms with Crippen LogP contribution >= 0.6 is 0 Å². The highest BCUT2D eigenvalue weighted by atomic mass is 16.0. The van der Waals surface area contributed by atoms with Crippen LogP contribution in [0.1, 0.15) is 26.7 Å². The van der Waals surface area contributed by atoms with Crippen molar-refractivity contribution in [2.24, 2.45) is 0 Å². The van der Waals surface area contributed by atoms with Gasteiger partial charge in [-0.05, 0) is 13.3 Å². The molecular weight excluding hydrogens is 126 g/mol. The molecule has 64 valence electrons. The molecule has 0 radical (unpaired) electrons. The van der Waals surface area contributed by atoms with Crippen LogP contribution in [-0.2, 0) is 0 Å². The van der Waals surface area contributed by atoms with Crippen LogP contribution in [0.2, 0.25) is 0 Å². The van der Waals surface area contributed by atoms with Gasteiger partial charge in [0.2, 0.25) is 0 Å². The molecule has 0 aromatic rings. The lowest BCUT2D eigenvalue weighted by atomic mass is 10.3. The zero-order valence-corrected chi connectivity index (χ0v) is 7.72. The highest BCUT2D eigenvalue weighted by molar-refractivity contribution is 4.31. The standard InChI is InChI=1S/C8H20N.H2O/c1-5-7-8-9(3,4)6-2;/h5-8H2,1-4H3;1H2/q+1;/p-1. The maximum atomic E-state index is 2.29. The Hall–Kier alpha value is -0.0800. The van der Waals surface area contributed by atoms with Gasteiger partial charge in [0.25, 0.3) is 0 Å². The first-order valence-corrected chi connectivity index (χ1v) is 3.94. The Morgan fingerprint density at radius 1 is 1.10 bits per heavy atom. The second-order valence-electron chi connectivity index (χ2n) is 3.33. The Kier molecular flexibility index (Phi) is 7.15. The molecule has 0 aliphatic rings. The fourth-order valence-electron chi connectivity index (χ4n) is 0.744. The minimum atomic E-state index is 0. The molecule has 0 saturated carbocycles. The fraction of sp³-hybridized carbons (Fsp3) is 1.00. The lowest BCUT2D eigenvalue weighted by Crippen LogP contribution is -2.39. The van der Waals surface area contributed by atoms with Gasteiger partial charge in [0, 0.05) is 0 Å². The molecule has 0 spiro atoms. The second-order valence-corrected chi connectivity index (χ2v) is 3.33. The molecule has 0 aromatic heterocycles. The van der Waals surface area contributed by atoms with Crippen LogP contribution in [0.4, 0.5) is 0 Å². The summed E-state index contributed by atoms with van der Waals surface area (Å²) in [5.41, 5.74) is 0. The highest BCUT2D eigenvalue weighted by Gasteiger charge is 2.08. The number of nitrogens with zero attached hydrogens (tertiary/aromatic N) is 1. The number of unbranched alkanes of at least 4 members (excludes halogenated alkanes) is 1. The van der Waals surface area contributed by atoms with Crippen molar-refractivity contribution in [1.82, 2.24) is 0 Å². The lowest BCUT2D eigenvalue weighted by molar-refractivity contribution is -0.888. The average molecular weight is 147 g/mol. The molecule has 0 aliphatic carbocycles. The summed E-state index contributed by atoms with van der Waals surface area (Å²) in [6, 6.07) is 0. The molecular formula is C8H21NO. The molecule has 10 heavy (non-hydrogen) atoms. The number of quaternary nitrogens is 1. The van der Waals surface area contributed by atoms with Crippen molar-refractivity contribution in [2.45, 2.75) is 26.7 Å². The fourth-order valence-corrected chi connectivity index (χ4v) is 0.744. The van der Waals surface area contributed by atoms with Crippen LogP contribution in [0, 0.1) is 0 Å². The Bertz CT molecular complexity index is 71.7. The third kappa shape index (κ3) is 6.05. The van der Waals surface area contributed by atoms with Gasteiger partial charge in [-0.15, -0.1) is 0 Å². The van der Waals surface area contributed by atoms with E-state index in [0.717, 1.165) is 0 Å². The summed E-state index contributed by atoms with van der Waals surface area (Å²) in [6.45, 7) is 7.07. The summed E-state index contributed by atoms with van der Waals surface area (Å²) >= 11 is 0. The maximum absolute atomic E-state index is 2.29. The van der Waals surface area contributed by atoms with Gasteiger partial charge in [0.1, 0.15) is 0 Å². The van der Waals surface area contributed by atoms with E-state index in [1.807, 2.05) is 0 Å². The monoisotopic (exact) mass is 147 g/mol. The van der Waals surface area contributed by atoms with Crippen molar-refractivity contribution in [3.8, 4) is 0 Å². The molecule has 0 heterocycles. The van der Waals surface area contributed by atoms with Gasteiger partial charge in [-0.3, -0.25) is 0 Å². The minimum Gasteiger partial charge on any atom is -0.870 e. The van der Waals surface area contributed by atoms with E-state index in [9.17, 15) is 0 Å². The molecule has 0 amide bonds. The second kappa shape index (κ2) is 5.69. The molecule has 0 fully saturated rings. The molecule has 0 aliphatic heterocycles. The smallest absolute Gasteiger partial charge is 0.0782 e. The topological polar surface area (TPSA) is 30.0 Å². The van der Waals surface area contributed by atoms with E-state index < -0.39 is 0 Å². The normalized spacial score (nSPS) is 10.8. The molecule has 0 rings (SSSR count). The Labute approximate surface area is 64.7 Å². The highest BCUT2D eigenvalue weighted by Crippen LogP contribution is 1.99. The summed E-state index contributed by atoms with van der Waals surface area (Å²) < 4.78 is 1.17. The number of hydrogen-bond donors (Lipinski definition) is 0. The Morgan fingerprint density at radius 3 is 1.90 bits per heavy atom. The van der Waals surface area contributed by atoms with Crippen LogP contribution in [0.3, 0.4) is 0 Å². The predicted octanol–water partition coefficient (Wildman–Crippen LogP) is 1.71. The van der Waals surface area contributed by atoms with Crippen LogP contribution in [0.25, 0.3) is 0 Å². The molecule has 0 saturated heterocycles. The van der Waals surface area contributed by atoms with E-state index in [4.69, 9.17) is 0 Å². The zero-order chi connectivity index (χ0) is 7.33. The summed E-state index contributed by atoms with van der Waals surface area (Å²) in [4.78, 5) is 0. The summed E-state index contributed by atoms with van der Waals surface area (Å²) in [5, 5.41) is 0. The Balaban J connectivity index is 0. The van der Waals surface area contributed by atoms with E-state index in [1.54, 1.807) is 0 Å². The summed E-state index contributed by atoms with van der Waals surface area (Å²) in [7, 11) is 4.57. The molecule has 0 unspecified atom stereocenters. The first-order valence-electron chi connectivity index (χ1n) is 3.94. The van der Waals surface area contributed by atoms with Crippen molar-refractivity contribution in [3.63, 3.8) is 0 Å². The average Bonchev–Trinajstić information content (AvgIpc) is 1.84. The van der Waals surface area contributed by atoms with Crippen molar-refractivity contribution in [3.05, 3.63) is 0 Å². The van der Waals surface area contributed by atoms with Gasteiger partial charge >= 0.3 is 0 Å². The first kappa shape index (κ1) is 12.6. The first-order chi connectivity index (χ1) is 4.12. The van der Waals surface area contributed by atoms with Crippen molar-refractivity contribution in [2.75, 3.05) is 27.2 Å². The maximum Gasteiger partial charge on any atom is 0.0782 e. The molecule has 0 atom stereocenters. The molecule has 1 N–H and O–H groups in total. The van der Waals surface area contributed by atoms with Crippen LogP contribution in [0.5, 0.6) is 0 Å². The number of rotatable bonds is 4. The van der Waals surface area contributed by atoms with Gasteiger partial charge < -0.3 is 9.96 Å². The van der Waals surface area contributed by atoms with E-state index >= 15 is 0 Å². The minimum absolute atomic E-state index is 0. The van der Waals surface area contributed by atoms with Crippen LogP contribution in [-0.4, -0.2) is 37.1 Å².